The molecular weight excluding hydrogens is 172 g/mol. The van der Waals surface area contributed by atoms with Gasteiger partial charge in [-0.2, -0.15) is 0 Å². The van der Waals surface area contributed by atoms with Gasteiger partial charge in [0.2, 0.25) is 0 Å². The van der Waals surface area contributed by atoms with Gasteiger partial charge < -0.3 is 10.2 Å². The van der Waals surface area contributed by atoms with Gasteiger partial charge in [0.15, 0.2) is 0 Å². The molecule has 0 aliphatic heterocycles. The van der Waals surface area contributed by atoms with Crippen LogP contribution in [-0.4, -0.2) is 22.2 Å². The molecular formula is C9H12O4. The summed E-state index contributed by atoms with van der Waals surface area (Å²) in [6.07, 6.45) is 1.04. The van der Waals surface area contributed by atoms with Gasteiger partial charge in [-0.25, -0.2) is 9.59 Å². The Morgan fingerprint density at radius 3 is 1.46 bits per heavy atom. The van der Waals surface area contributed by atoms with E-state index in [0.717, 1.165) is 0 Å². The average molecular weight is 184 g/mol. The summed E-state index contributed by atoms with van der Waals surface area (Å²) >= 11 is 0. The molecule has 0 bridgehead atoms. The largest absolute Gasteiger partial charge is 0.478 e. The minimum Gasteiger partial charge on any atom is -0.478 e. The lowest BCUT2D eigenvalue weighted by Gasteiger charge is -2.00. The SMILES string of the molecule is C=C(CCCC(=C)C(=O)O)C(=O)O. The molecule has 2 N–H and O–H groups in total. The Kier molecular flexibility index (Phi) is 4.51. The van der Waals surface area contributed by atoms with Crippen LogP contribution in [0.15, 0.2) is 24.3 Å². The number of hydrogen-bond donors (Lipinski definition) is 2. The lowest BCUT2D eigenvalue weighted by molar-refractivity contribution is -0.133. The van der Waals surface area contributed by atoms with Crippen molar-refractivity contribution in [2.75, 3.05) is 0 Å². The van der Waals surface area contributed by atoms with Crippen LogP contribution in [0, 0.1) is 0 Å². The summed E-state index contributed by atoms with van der Waals surface area (Å²) < 4.78 is 0. The molecule has 4 heteroatoms. The molecule has 4 nitrogen and oxygen atoms in total. The van der Waals surface area contributed by atoms with Crippen LogP contribution in [0.2, 0.25) is 0 Å². The van der Waals surface area contributed by atoms with Crippen LogP contribution >= 0.6 is 0 Å². The van der Waals surface area contributed by atoms with Gasteiger partial charge in [-0.1, -0.05) is 13.2 Å². The van der Waals surface area contributed by atoms with E-state index in [9.17, 15) is 9.59 Å². The molecule has 0 spiro atoms. The number of aliphatic carboxylic acids is 2. The van der Waals surface area contributed by atoms with Crippen LogP contribution in [0.1, 0.15) is 19.3 Å². The molecule has 0 saturated carbocycles. The normalized spacial score (nSPS) is 9.23. The van der Waals surface area contributed by atoms with Crippen molar-refractivity contribution in [3.8, 4) is 0 Å². The Morgan fingerprint density at radius 2 is 1.23 bits per heavy atom. The van der Waals surface area contributed by atoms with E-state index < -0.39 is 11.9 Å². The Bertz CT molecular complexity index is 226. The maximum absolute atomic E-state index is 10.3. The summed E-state index contributed by atoms with van der Waals surface area (Å²) in [4.78, 5) is 20.5. The third-order valence-corrected chi connectivity index (χ3v) is 1.56. The van der Waals surface area contributed by atoms with Gasteiger partial charge in [0.05, 0.1) is 0 Å². The monoisotopic (exact) mass is 184 g/mol. The molecule has 0 heterocycles. The van der Waals surface area contributed by atoms with Crippen molar-refractivity contribution < 1.29 is 19.8 Å². The van der Waals surface area contributed by atoms with Crippen molar-refractivity contribution in [1.82, 2.24) is 0 Å². The highest BCUT2D eigenvalue weighted by Crippen LogP contribution is 2.09. The van der Waals surface area contributed by atoms with Gasteiger partial charge in [0.1, 0.15) is 0 Å². The van der Waals surface area contributed by atoms with Gasteiger partial charge in [0.25, 0.3) is 0 Å². The molecule has 0 aromatic carbocycles. The second-order valence-electron chi connectivity index (χ2n) is 2.67. The Hall–Kier alpha value is -1.58. The molecule has 0 aliphatic carbocycles. The number of carbonyl (C=O) groups is 2. The van der Waals surface area contributed by atoms with E-state index in [1.165, 1.54) is 0 Å². The number of carboxylic acid groups (broad SMARTS) is 2. The molecule has 0 fully saturated rings. The van der Waals surface area contributed by atoms with Crippen LogP contribution in [0.3, 0.4) is 0 Å². The Labute approximate surface area is 76.2 Å². The van der Waals surface area contributed by atoms with Gasteiger partial charge in [-0.3, -0.25) is 0 Å². The van der Waals surface area contributed by atoms with Crippen molar-refractivity contribution in [3.05, 3.63) is 24.3 Å². The predicted molar refractivity (Wildman–Crippen MR) is 47.4 cm³/mol. The lowest BCUT2D eigenvalue weighted by Crippen LogP contribution is -2.01. The first-order valence-corrected chi connectivity index (χ1v) is 3.77. The van der Waals surface area contributed by atoms with Crippen molar-refractivity contribution in [1.29, 1.82) is 0 Å². The number of carboxylic acids is 2. The topological polar surface area (TPSA) is 74.6 Å². The summed E-state index contributed by atoms with van der Waals surface area (Å²) in [7, 11) is 0. The standard InChI is InChI=1S/C9H12O4/c1-6(8(10)11)4-3-5-7(2)9(12)13/h1-5H2,(H,10,11)(H,12,13). The molecule has 0 aromatic rings. The number of rotatable bonds is 6. The average Bonchev–Trinajstić information content (AvgIpc) is 2.03. The first-order valence-electron chi connectivity index (χ1n) is 3.77. The van der Waals surface area contributed by atoms with E-state index in [4.69, 9.17) is 10.2 Å². The van der Waals surface area contributed by atoms with Crippen molar-refractivity contribution in [3.63, 3.8) is 0 Å². The highest BCUT2D eigenvalue weighted by molar-refractivity contribution is 5.86. The van der Waals surface area contributed by atoms with E-state index >= 15 is 0 Å². The summed E-state index contributed by atoms with van der Waals surface area (Å²) in [5.41, 5.74) is 0.191. The van der Waals surface area contributed by atoms with Gasteiger partial charge >= 0.3 is 11.9 Å². The second-order valence-corrected chi connectivity index (χ2v) is 2.67. The van der Waals surface area contributed by atoms with Gasteiger partial charge in [0, 0.05) is 11.1 Å². The predicted octanol–water partition coefficient (Wildman–Crippen LogP) is 1.44. The summed E-state index contributed by atoms with van der Waals surface area (Å²) in [6, 6.07) is 0. The lowest BCUT2D eigenvalue weighted by atomic mass is 10.1. The minimum atomic E-state index is -1.04. The fraction of sp³-hybridized carbons (Fsp3) is 0.333. The first kappa shape index (κ1) is 11.4. The van der Waals surface area contributed by atoms with Crippen LogP contribution in [0.25, 0.3) is 0 Å². The van der Waals surface area contributed by atoms with E-state index in [0.29, 0.717) is 19.3 Å². The smallest absolute Gasteiger partial charge is 0.330 e. The van der Waals surface area contributed by atoms with Crippen LogP contribution in [0.5, 0.6) is 0 Å². The zero-order valence-corrected chi connectivity index (χ0v) is 7.25. The van der Waals surface area contributed by atoms with Gasteiger partial charge in [-0.05, 0) is 19.3 Å². The highest BCUT2D eigenvalue weighted by atomic mass is 16.4. The molecule has 0 radical (unpaired) electrons. The van der Waals surface area contributed by atoms with E-state index in [1.54, 1.807) is 0 Å². The van der Waals surface area contributed by atoms with E-state index in [2.05, 4.69) is 13.2 Å². The molecule has 0 aromatic heterocycles. The van der Waals surface area contributed by atoms with Crippen LogP contribution in [0.4, 0.5) is 0 Å². The first-order chi connectivity index (χ1) is 5.95. The van der Waals surface area contributed by atoms with Gasteiger partial charge in [-0.15, -0.1) is 0 Å². The van der Waals surface area contributed by atoms with Crippen LogP contribution in [-0.2, 0) is 9.59 Å². The molecule has 0 unspecified atom stereocenters. The maximum atomic E-state index is 10.3. The van der Waals surface area contributed by atoms with E-state index in [1.807, 2.05) is 0 Å². The zero-order valence-electron chi connectivity index (χ0n) is 7.25. The van der Waals surface area contributed by atoms with E-state index in [-0.39, 0.29) is 11.1 Å². The summed E-state index contributed by atoms with van der Waals surface area (Å²) in [5, 5.41) is 16.8. The fourth-order valence-electron chi connectivity index (χ4n) is 0.729. The van der Waals surface area contributed by atoms with Crippen molar-refractivity contribution in [2.24, 2.45) is 0 Å². The summed E-state index contributed by atoms with van der Waals surface area (Å²) in [5.74, 6) is -2.08. The maximum Gasteiger partial charge on any atom is 0.330 e. The molecule has 0 saturated heterocycles. The molecule has 0 rings (SSSR count). The molecule has 72 valence electrons. The Balaban J connectivity index is 3.69. The molecule has 13 heavy (non-hydrogen) atoms. The third kappa shape index (κ3) is 4.79. The Morgan fingerprint density at radius 1 is 0.923 bits per heavy atom. The summed E-state index contributed by atoms with van der Waals surface area (Å²) in [6.45, 7) is 6.64. The number of hydrogen-bond acceptors (Lipinski definition) is 2. The van der Waals surface area contributed by atoms with Crippen molar-refractivity contribution in [2.45, 2.75) is 19.3 Å². The second kappa shape index (κ2) is 5.13. The third-order valence-electron chi connectivity index (χ3n) is 1.56. The minimum absolute atomic E-state index is 0.0955. The highest BCUT2D eigenvalue weighted by Gasteiger charge is 2.06. The van der Waals surface area contributed by atoms with Crippen molar-refractivity contribution >= 4 is 11.9 Å². The zero-order chi connectivity index (χ0) is 10.4. The molecule has 0 atom stereocenters. The quantitative estimate of drug-likeness (QED) is 0.612. The molecule has 0 amide bonds. The van der Waals surface area contributed by atoms with Crippen LogP contribution < -0.4 is 0 Å². The fourth-order valence-corrected chi connectivity index (χ4v) is 0.729. The molecule has 0 aliphatic rings.